The summed E-state index contributed by atoms with van der Waals surface area (Å²) < 4.78 is 0. The summed E-state index contributed by atoms with van der Waals surface area (Å²) in [4.78, 5) is 12.7. The van der Waals surface area contributed by atoms with Gasteiger partial charge in [0.2, 0.25) is 0 Å². The van der Waals surface area contributed by atoms with Gasteiger partial charge in [-0.15, -0.1) is 35.3 Å². The minimum atomic E-state index is 0. The number of thiazole rings is 1. The first-order valence-corrected chi connectivity index (χ1v) is 8.95. The second kappa shape index (κ2) is 7.95. The molecule has 1 aromatic heterocycles. The summed E-state index contributed by atoms with van der Waals surface area (Å²) in [5.74, 6) is 1.05. The first-order valence-electron chi connectivity index (χ1n) is 8.14. The summed E-state index contributed by atoms with van der Waals surface area (Å²) in [6.07, 6.45) is 10.1. The Balaban J connectivity index is 0.00000176. The fraction of sp³-hybridized carbons (Fsp3) is 0.750. The summed E-state index contributed by atoms with van der Waals surface area (Å²) in [5.41, 5.74) is 0.591. The van der Waals surface area contributed by atoms with Crippen molar-refractivity contribution < 1.29 is 0 Å². The summed E-state index contributed by atoms with van der Waals surface area (Å²) in [5, 5.41) is 4.65. The van der Waals surface area contributed by atoms with Crippen molar-refractivity contribution >= 4 is 41.3 Å². The van der Waals surface area contributed by atoms with Crippen molar-refractivity contribution in [1.29, 1.82) is 0 Å². The van der Waals surface area contributed by atoms with Crippen LogP contribution in [-0.4, -0.2) is 36.0 Å². The smallest absolute Gasteiger partial charge is 0.194 e. The van der Waals surface area contributed by atoms with Gasteiger partial charge in [-0.05, 0) is 31.1 Å². The molecule has 6 heteroatoms. The van der Waals surface area contributed by atoms with E-state index in [1.807, 2.05) is 13.2 Å². The Morgan fingerprint density at radius 2 is 2.18 bits per heavy atom. The number of likely N-dealkylation sites (tertiary alicyclic amines) is 1. The van der Waals surface area contributed by atoms with E-state index in [1.54, 1.807) is 11.3 Å². The van der Waals surface area contributed by atoms with Gasteiger partial charge >= 0.3 is 0 Å². The molecule has 0 unspecified atom stereocenters. The molecule has 1 saturated carbocycles. The van der Waals surface area contributed by atoms with Gasteiger partial charge < -0.3 is 10.2 Å². The largest absolute Gasteiger partial charge is 0.350 e. The predicted molar refractivity (Wildman–Crippen MR) is 104 cm³/mol. The average molecular weight is 434 g/mol. The molecule has 1 aliphatic heterocycles. The molecule has 1 saturated heterocycles. The van der Waals surface area contributed by atoms with E-state index in [0.29, 0.717) is 5.41 Å². The molecule has 3 rings (SSSR count). The van der Waals surface area contributed by atoms with Crippen molar-refractivity contribution in [2.75, 3.05) is 20.1 Å². The Kier molecular flexibility index (Phi) is 6.49. The van der Waals surface area contributed by atoms with Crippen molar-refractivity contribution in [2.45, 2.75) is 52.0 Å². The fourth-order valence-electron chi connectivity index (χ4n) is 3.73. The molecule has 0 amide bonds. The van der Waals surface area contributed by atoms with Crippen LogP contribution in [-0.2, 0) is 13.0 Å². The zero-order valence-electron chi connectivity index (χ0n) is 13.6. The Bertz CT molecular complexity index is 508. The number of aromatic nitrogens is 1. The molecule has 0 atom stereocenters. The minimum Gasteiger partial charge on any atom is -0.350 e. The number of aliphatic imine (C=N–C) groups is 1. The van der Waals surface area contributed by atoms with Gasteiger partial charge in [0, 0.05) is 31.2 Å². The number of hydrogen-bond donors (Lipinski definition) is 1. The lowest BCUT2D eigenvalue weighted by atomic mass is 9.86. The number of aryl methyl sites for hydroxylation is 1. The van der Waals surface area contributed by atoms with Crippen molar-refractivity contribution in [3.05, 3.63) is 16.1 Å². The molecule has 2 fully saturated rings. The van der Waals surface area contributed by atoms with Gasteiger partial charge in [-0.25, -0.2) is 4.98 Å². The maximum Gasteiger partial charge on any atom is 0.194 e. The molecule has 4 nitrogen and oxygen atoms in total. The number of nitrogens with zero attached hydrogens (tertiary/aromatic N) is 3. The molecule has 22 heavy (non-hydrogen) atoms. The van der Waals surface area contributed by atoms with E-state index in [2.05, 4.69) is 27.1 Å². The van der Waals surface area contributed by atoms with Gasteiger partial charge in [0.15, 0.2) is 5.96 Å². The second-order valence-electron chi connectivity index (χ2n) is 6.35. The van der Waals surface area contributed by atoms with Crippen LogP contribution in [0, 0.1) is 5.41 Å². The highest BCUT2D eigenvalue weighted by molar-refractivity contribution is 14.0. The topological polar surface area (TPSA) is 40.5 Å². The Morgan fingerprint density at radius 3 is 2.82 bits per heavy atom. The van der Waals surface area contributed by atoms with E-state index in [1.165, 1.54) is 43.5 Å². The average Bonchev–Trinajstić information content (AvgIpc) is 3.23. The number of guanidine groups is 1. The van der Waals surface area contributed by atoms with Crippen LogP contribution in [0.5, 0.6) is 0 Å². The van der Waals surface area contributed by atoms with Gasteiger partial charge in [-0.3, -0.25) is 4.99 Å². The van der Waals surface area contributed by atoms with Crippen molar-refractivity contribution in [1.82, 2.24) is 15.2 Å². The summed E-state index contributed by atoms with van der Waals surface area (Å²) in [6.45, 7) is 5.30. The molecule has 0 bridgehead atoms. The quantitative estimate of drug-likeness (QED) is 0.449. The normalized spacial score (nSPS) is 20.5. The van der Waals surface area contributed by atoms with Gasteiger partial charge in [-0.2, -0.15) is 0 Å². The molecule has 1 spiro atoms. The minimum absolute atomic E-state index is 0. The van der Waals surface area contributed by atoms with Crippen LogP contribution in [0.15, 0.2) is 11.2 Å². The zero-order valence-corrected chi connectivity index (χ0v) is 16.7. The Morgan fingerprint density at radius 1 is 1.41 bits per heavy atom. The second-order valence-corrected chi connectivity index (χ2v) is 7.55. The van der Waals surface area contributed by atoms with Crippen LogP contribution < -0.4 is 5.32 Å². The molecule has 2 aliphatic rings. The zero-order chi connectivity index (χ0) is 14.7. The van der Waals surface area contributed by atoms with Crippen LogP contribution in [0.2, 0.25) is 0 Å². The highest BCUT2D eigenvalue weighted by Crippen LogP contribution is 2.45. The first kappa shape index (κ1) is 18.0. The van der Waals surface area contributed by atoms with E-state index in [9.17, 15) is 0 Å². The SMILES string of the molecule is CCc1cnc(CNC(=NC)N2CCC3(CCCC3)C2)s1.I. The van der Waals surface area contributed by atoms with Crippen molar-refractivity contribution in [3.8, 4) is 0 Å². The molecular formula is C16H27IN4S. The monoisotopic (exact) mass is 434 g/mol. The lowest BCUT2D eigenvalue weighted by molar-refractivity contribution is 0.309. The Hall–Kier alpha value is -0.370. The fourth-order valence-corrected chi connectivity index (χ4v) is 4.53. The summed E-state index contributed by atoms with van der Waals surface area (Å²) in [7, 11) is 1.89. The number of nitrogens with one attached hydrogen (secondary N) is 1. The highest BCUT2D eigenvalue weighted by atomic mass is 127. The molecule has 1 aromatic rings. The van der Waals surface area contributed by atoms with E-state index < -0.39 is 0 Å². The number of hydrogen-bond acceptors (Lipinski definition) is 3. The molecule has 124 valence electrons. The standard InChI is InChI=1S/C16H26N4S.HI/c1-3-13-10-18-14(21-13)11-19-15(17-2)20-9-8-16(12-20)6-4-5-7-16;/h10H,3-9,11-12H2,1-2H3,(H,17,19);1H. The van der Waals surface area contributed by atoms with E-state index in [-0.39, 0.29) is 24.0 Å². The molecule has 0 radical (unpaired) electrons. The number of halogens is 1. The van der Waals surface area contributed by atoms with Gasteiger partial charge in [-0.1, -0.05) is 19.8 Å². The van der Waals surface area contributed by atoms with E-state index in [0.717, 1.165) is 30.5 Å². The predicted octanol–water partition coefficient (Wildman–Crippen LogP) is 3.67. The van der Waals surface area contributed by atoms with Crippen LogP contribution in [0.25, 0.3) is 0 Å². The summed E-state index contributed by atoms with van der Waals surface area (Å²) >= 11 is 1.80. The van der Waals surface area contributed by atoms with E-state index >= 15 is 0 Å². The summed E-state index contributed by atoms with van der Waals surface area (Å²) in [6, 6.07) is 0. The van der Waals surface area contributed by atoms with Crippen LogP contribution >= 0.6 is 35.3 Å². The van der Waals surface area contributed by atoms with Crippen molar-refractivity contribution in [3.63, 3.8) is 0 Å². The number of rotatable bonds is 3. The molecule has 2 heterocycles. The third-order valence-electron chi connectivity index (χ3n) is 4.96. The van der Waals surface area contributed by atoms with Gasteiger partial charge in [0.25, 0.3) is 0 Å². The third kappa shape index (κ3) is 3.93. The van der Waals surface area contributed by atoms with Crippen LogP contribution in [0.4, 0.5) is 0 Å². The van der Waals surface area contributed by atoms with Crippen LogP contribution in [0.3, 0.4) is 0 Å². The lowest BCUT2D eigenvalue weighted by Gasteiger charge is -2.25. The first-order chi connectivity index (χ1) is 10.2. The van der Waals surface area contributed by atoms with Crippen LogP contribution in [0.1, 0.15) is 48.9 Å². The van der Waals surface area contributed by atoms with E-state index in [4.69, 9.17) is 0 Å². The maximum atomic E-state index is 4.47. The van der Waals surface area contributed by atoms with Gasteiger partial charge in [0.05, 0.1) is 6.54 Å². The Labute approximate surface area is 154 Å². The molecular weight excluding hydrogens is 407 g/mol. The lowest BCUT2D eigenvalue weighted by Crippen LogP contribution is -2.40. The van der Waals surface area contributed by atoms with Gasteiger partial charge in [0.1, 0.15) is 5.01 Å². The third-order valence-corrected chi connectivity index (χ3v) is 6.10. The molecule has 1 aliphatic carbocycles. The molecule has 1 N–H and O–H groups in total. The highest BCUT2D eigenvalue weighted by Gasteiger charge is 2.41. The molecule has 0 aromatic carbocycles. The van der Waals surface area contributed by atoms with Crippen molar-refractivity contribution in [2.24, 2.45) is 10.4 Å². The maximum absolute atomic E-state index is 4.47.